The van der Waals surface area contributed by atoms with E-state index < -0.39 is 0 Å². The normalized spacial score (nSPS) is 10.2. The molecule has 21 heavy (non-hydrogen) atoms. The van der Waals surface area contributed by atoms with E-state index in [2.05, 4.69) is 10.3 Å². The summed E-state index contributed by atoms with van der Waals surface area (Å²) in [6.07, 6.45) is 0. The maximum absolute atomic E-state index is 11.8. The van der Waals surface area contributed by atoms with E-state index >= 15 is 0 Å². The van der Waals surface area contributed by atoms with E-state index in [9.17, 15) is 4.79 Å². The molecule has 0 atom stereocenters. The number of carbonyl (C=O) groups excluding carboxylic acids is 1. The summed E-state index contributed by atoms with van der Waals surface area (Å²) in [6.45, 7) is 1.13. The Kier molecular flexibility index (Phi) is 5.53. The number of ether oxygens (including phenoxy) is 2. The van der Waals surface area contributed by atoms with E-state index in [0.717, 1.165) is 16.5 Å². The predicted molar refractivity (Wildman–Crippen MR) is 80.8 cm³/mol. The third-order valence-corrected chi connectivity index (χ3v) is 3.55. The third kappa shape index (κ3) is 4.44. The Morgan fingerprint density at radius 2 is 2.05 bits per heavy atom. The number of nitrogens with one attached hydrogen (secondary N) is 1. The molecule has 0 radical (unpaired) electrons. The molecule has 7 heteroatoms. The third-order valence-electron chi connectivity index (χ3n) is 2.67. The maximum Gasteiger partial charge on any atom is 0.270 e. The van der Waals surface area contributed by atoms with Gasteiger partial charge in [-0.2, -0.15) is 0 Å². The number of benzene rings is 1. The molecular formula is C14H17N3O3S. The smallest absolute Gasteiger partial charge is 0.270 e. The maximum atomic E-state index is 11.8. The van der Waals surface area contributed by atoms with E-state index in [1.54, 1.807) is 12.5 Å². The Labute approximate surface area is 126 Å². The largest absolute Gasteiger partial charge is 0.497 e. The Morgan fingerprint density at radius 3 is 2.67 bits per heavy atom. The lowest BCUT2D eigenvalue weighted by atomic mass is 10.3. The van der Waals surface area contributed by atoms with Crippen LogP contribution in [0.25, 0.3) is 0 Å². The lowest BCUT2D eigenvalue weighted by Gasteiger charge is -2.07. The number of thiazole rings is 1. The fraction of sp³-hybridized carbons (Fsp3) is 0.286. The molecule has 0 saturated carbocycles. The number of nitrogens with zero attached hydrogens (tertiary/aromatic N) is 1. The van der Waals surface area contributed by atoms with Crippen LogP contribution in [0.4, 0.5) is 0 Å². The Morgan fingerprint density at radius 1 is 1.33 bits per heavy atom. The number of methoxy groups -OCH3 is 1. The lowest BCUT2D eigenvalue weighted by Crippen LogP contribution is -2.28. The summed E-state index contributed by atoms with van der Waals surface area (Å²) in [7, 11) is 1.61. The van der Waals surface area contributed by atoms with E-state index in [1.165, 1.54) is 11.3 Å². The quantitative estimate of drug-likeness (QED) is 0.756. The molecule has 0 aliphatic heterocycles. The van der Waals surface area contributed by atoms with Gasteiger partial charge >= 0.3 is 0 Å². The predicted octanol–water partition coefficient (Wildman–Crippen LogP) is 1.42. The van der Waals surface area contributed by atoms with Gasteiger partial charge in [0.15, 0.2) is 0 Å². The minimum atomic E-state index is -0.218. The first kappa shape index (κ1) is 15.3. The van der Waals surface area contributed by atoms with Crippen LogP contribution in [0.1, 0.15) is 15.5 Å². The van der Waals surface area contributed by atoms with Crippen LogP contribution in [-0.2, 0) is 6.54 Å². The van der Waals surface area contributed by atoms with Crippen LogP contribution in [0, 0.1) is 0 Å². The summed E-state index contributed by atoms with van der Waals surface area (Å²) in [4.78, 5) is 15.9. The molecule has 0 saturated heterocycles. The number of carbonyl (C=O) groups is 1. The second kappa shape index (κ2) is 7.61. The van der Waals surface area contributed by atoms with Crippen molar-refractivity contribution in [3.8, 4) is 11.5 Å². The summed E-state index contributed by atoms with van der Waals surface area (Å²) in [5.74, 6) is 1.28. The van der Waals surface area contributed by atoms with E-state index in [-0.39, 0.29) is 5.91 Å². The van der Waals surface area contributed by atoms with Gasteiger partial charge in [-0.15, -0.1) is 11.3 Å². The number of rotatable bonds is 7. The molecule has 0 spiro atoms. The summed E-state index contributed by atoms with van der Waals surface area (Å²) < 4.78 is 10.6. The second-order valence-corrected chi connectivity index (χ2v) is 5.05. The molecule has 0 aliphatic rings. The molecule has 0 fully saturated rings. The first-order valence-corrected chi connectivity index (χ1v) is 7.30. The molecule has 0 bridgehead atoms. The topological polar surface area (TPSA) is 86.5 Å². The molecule has 2 rings (SSSR count). The van der Waals surface area contributed by atoms with Crippen LogP contribution < -0.4 is 20.5 Å². The van der Waals surface area contributed by atoms with Crippen molar-refractivity contribution in [1.29, 1.82) is 0 Å². The first-order chi connectivity index (χ1) is 10.2. The molecule has 1 amide bonds. The van der Waals surface area contributed by atoms with Crippen LogP contribution in [0.2, 0.25) is 0 Å². The van der Waals surface area contributed by atoms with Crippen molar-refractivity contribution in [3.05, 3.63) is 40.3 Å². The van der Waals surface area contributed by atoms with Crippen LogP contribution >= 0.6 is 11.3 Å². The van der Waals surface area contributed by atoms with Gasteiger partial charge in [0.1, 0.15) is 28.8 Å². The summed E-state index contributed by atoms with van der Waals surface area (Å²) in [5.41, 5.74) is 5.85. The number of hydrogen-bond donors (Lipinski definition) is 2. The van der Waals surface area contributed by atoms with Crippen molar-refractivity contribution in [1.82, 2.24) is 10.3 Å². The highest BCUT2D eigenvalue weighted by atomic mass is 32.1. The van der Waals surface area contributed by atoms with Gasteiger partial charge in [-0.25, -0.2) is 4.98 Å². The van der Waals surface area contributed by atoms with Gasteiger partial charge in [-0.1, -0.05) is 0 Å². The Hall–Kier alpha value is -2.12. The molecule has 2 aromatic rings. The monoisotopic (exact) mass is 307 g/mol. The average molecular weight is 307 g/mol. The van der Waals surface area contributed by atoms with Crippen LogP contribution in [0.15, 0.2) is 29.6 Å². The molecular weight excluding hydrogens is 290 g/mol. The molecule has 3 N–H and O–H groups in total. The summed E-state index contributed by atoms with van der Waals surface area (Å²) in [5, 5.41) is 5.19. The molecule has 0 unspecified atom stereocenters. The van der Waals surface area contributed by atoms with Crippen molar-refractivity contribution < 1.29 is 14.3 Å². The van der Waals surface area contributed by atoms with Crippen molar-refractivity contribution in [2.45, 2.75) is 6.54 Å². The van der Waals surface area contributed by atoms with Crippen molar-refractivity contribution >= 4 is 17.2 Å². The summed E-state index contributed by atoms with van der Waals surface area (Å²) >= 11 is 1.38. The fourth-order valence-electron chi connectivity index (χ4n) is 1.60. The van der Waals surface area contributed by atoms with Crippen molar-refractivity contribution in [3.63, 3.8) is 0 Å². The molecule has 6 nitrogen and oxygen atoms in total. The summed E-state index contributed by atoms with van der Waals surface area (Å²) in [6, 6.07) is 7.26. The van der Waals surface area contributed by atoms with Gasteiger partial charge in [0.2, 0.25) is 0 Å². The van der Waals surface area contributed by atoms with Crippen LogP contribution in [0.5, 0.6) is 11.5 Å². The van der Waals surface area contributed by atoms with Crippen molar-refractivity contribution in [2.24, 2.45) is 5.73 Å². The SMILES string of the molecule is COc1ccc(OCCNC(=O)c2csc(CN)n2)cc1. The molecule has 112 valence electrons. The number of amides is 1. The first-order valence-electron chi connectivity index (χ1n) is 6.42. The highest BCUT2D eigenvalue weighted by Gasteiger charge is 2.09. The molecule has 1 aromatic carbocycles. The molecule has 0 aliphatic carbocycles. The van der Waals surface area contributed by atoms with Gasteiger partial charge in [-0.3, -0.25) is 4.79 Å². The zero-order valence-corrected chi connectivity index (χ0v) is 12.5. The molecule has 1 aromatic heterocycles. The minimum Gasteiger partial charge on any atom is -0.497 e. The van der Waals surface area contributed by atoms with E-state index in [4.69, 9.17) is 15.2 Å². The van der Waals surface area contributed by atoms with Gasteiger partial charge in [-0.05, 0) is 24.3 Å². The fourth-order valence-corrected chi connectivity index (χ4v) is 2.26. The number of nitrogens with two attached hydrogens (primary N) is 1. The zero-order chi connectivity index (χ0) is 15.1. The minimum absolute atomic E-state index is 0.218. The number of aromatic nitrogens is 1. The number of hydrogen-bond acceptors (Lipinski definition) is 6. The van der Waals surface area contributed by atoms with Gasteiger partial charge in [0.25, 0.3) is 5.91 Å². The Balaban J connectivity index is 1.72. The average Bonchev–Trinajstić information content (AvgIpc) is 3.01. The van der Waals surface area contributed by atoms with E-state index in [1.807, 2.05) is 24.3 Å². The van der Waals surface area contributed by atoms with Gasteiger partial charge in [0, 0.05) is 11.9 Å². The highest BCUT2D eigenvalue weighted by Crippen LogP contribution is 2.16. The standard InChI is InChI=1S/C14H17N3O3S/c1-19-10-2-4-11(5-3-10)20-7-6-16-14(18)12-9-21-13(8-15)17-12/h2-5,9H,6-8,15H2,1H3,(H,16,18). The van der Waals surface area contributed by atoms with Crippen LogP contribution in [-0.4, -0.2) is 31.2 Å². The zero-order valence-electron chi connectivity index (χ0n) is 11.7. The van der Waals surface area contributed by atoms with Crippen molar-refractivity contribution in [2.75, 3.05) is 20.3 Å². The lowest BCUT2D eigenvalue weighted by molar-refractivity contribution is 0.0942. The highest BCUT2D eigenvalue weighted by molar-refractivity contribution is 7.09. The van der Waals surface area contributed by atoms with E-state index in [0.29, 0.717) is 25.4 Å². The Bertz CT molecular complexity index is 583. The van der Waals surface area contributed by atoms with Gasteiger partial charge in [0.05, 0.1) is 13.7 Å². The molecule has 1 heterocycles. The second-order valence-electron chi connectivity index (χ2n) is 4.11. The van der Waals surface area contributed by atoms with Crippen LogP contribution in [0.3, 0.4) is 0 Å². The van der Waals surface area contributed by atoms with Gasteiger partial charge < -0.3 is 20.5 Å².